The van der Waals surface area contributed by atoms with Crippen LogP contribution in [0.25, 0.3) is 75.5 Å². The number of hydrogen-bond acceptors (Lipinski definition) is 3. The molecule has 0 saturated carbocycles. The molecule has 0 N–H and O–H groups in total. The minimum absolute atomic E-state index is 0.486. The molecular formula is C62H43NOS. The molecule has 0 saturated heterocycles. The van der Waals surface area contributed by atoms with Gasteiger partial charge in [-0.25, -0.2) is 0 Å². The van der Waals surface area contributed by atoms with E-state index < -0.39 is 5.41 Å². The molecule has 3 heteroatoms. The van der Waals surface area contributed by atoms with Gasteiger partial charge >= 0.3 is 0 Å². The quantitative estimate of drug-likeness (QED) is 0.135. The highest BCUT2D eigenvalue weighted by atomic mass is 32.1. The molecular weight excluding hydrogens is 807 g/mol. The molecule has 65 heavy (non-hydrogen) atoms. The summed E-state index contributed by atoms with van der Waals surface area (Å²) in [5, 5.41) is 4.80. The summed E-state index contributed by atoms with van der Waals surface area (Å²) >= 11 is 1.85. The van der Waals surface area contributed by atoms with E-state index in [9.17, 15) is 0 Å². The van der Waals surface area contributed by atoms with Crippen LogP contribution in [0.4, 0.5) is 17.1 Å². The number of fused-ring (bicyclic) bond motifs is 9. The van der Waals surface area contributed by atoms with E-state index in [-0.39, 0.29) is 0 Å². The second-order valence-electron chi connectivity index (χ2n) is 16.9. The Labute approximate surface area is 383 Å². The van der Waals surface area contributed by atoms with E-state index in [1.54, 1.807) is 0 Å². The highest BCUT2D eigenvalue weighted by Gasteiger charge is 2.46. The zero-order valence-electron chi connectivity index (χ0n) is 35.9. The monoisotopic (exact) mass is 849 g/mol. The lowest BCUT2D eigenvalue weighted by Gasteiger charge is -2.34. The summed E-state index contributed by atoms with van der Waals surface area (Å²) < 4.78 is 9.47. The first-order chi connectivity index (χ1) is 32.1. The molecule has 2 nitrogen and oxygen atoms in total. The average Bonchev–Trinajstić information content (AvgIpc) is 4.02. The van der Waals surface area contributed by atoms with E-state index >= 15 is 0 Å². The fourth-order valence-electron chi connectivity index (χ4n) is 10.3. The fourth-order valence-corrected chi connectivity index (χ4v) is 11.4. The largest absolute Gasteiger partial charge is 0.456 e. The van der Waals surface area contributed by atoms with Crippen LogP contribution in [0, 0.1) is 0 Å². The Kier molecular flexibility index (Phi) is 9.33. The number of thiophene rings is 1. The van der Waals surface area contributed by atoms with Crippen molar-refractivity contribution >= 4 is 70.5 Å². The molecule has 1 aliphatic rings. The van der Waals surface area contributed by atoms with Crippen LogP contribution in [0.1, 0.15) is 23.6 Å². The molecule has 0 bridgehead atoms. The topological polar surface area (TPSA) is 16.4 Å². The number of hydrogen-bond donors (Lipinski definition) is 0. The van der Waals surface area contributed by atoms with E-state index in [2.05, 4.69) is 237 Å². The Morgan fingerprint density at radius 2 is 1.09 bits per heavy atom. The first-order valence-electron chi connectivity index (χ1n) is 22.2. The van der Waals surface area contributed by atoms with Crippen molar-refractivity contribution in [3.63, 3.8) is 0 Å². The summed E-state index contributed by atoms with van der Waals surface area (Å²) in [7, 11) is 0. The summed E-state index contributed by atoms with van der Waals surface area (Å²) in [6.45, 7) is 6.16. The van der Waals surface area contributed by atoms with Gasteiger partial charge in [0.1, 0.15) is 11.2 Å². The molecule has 9 aromatic carbocycles. The lowest BCUT2D eigenvalue weighted by molar-refractivity contribution is 0.665. The van der Waals surface area contributed by atoms with Gasteiger partial charge in [-0.3, -0.25) is 0 Å². The first kappa shape index (κ1) is 38.7. The van der Waals surface area contributed by atoms with Crippen molar-refractivity contribution in [2.24, 2.45) is 0 Å². The number of furan rings is 1. The van der Waals surface area contributed by atoms with Gasteiger partial charge in [-0.05, 0) is 130 Å². The van der Waals surface area contributed by atoms with Gasteiger partial charge in [0.2, 0.25) is 0 Å². The summed E-state index contributed by atoms with van der Waals surface area (Å²) in [6.07, 6.45) is 8.13. The van der Waals surface area contributed by atoms with Crippen molar-refractivity contribution in [3.05, 3.63) is 259 Å². The van der Waals surface area contributed by atoms with Gasteiger partial charge in [-0.2, -0.15) is 0 Å². The Morgan fingerprint density at radius 3 is 1.86 bits per heavy atom. The Balaban J connectivity index is 0.947. The van der Waals surface area contributed by atoms with Crippen LogP contribution >= 0.6 is 11.3 Å². The van der Waals surface area contributed by atoms with Crippen molar-refractivity contribution < 1.29 is 4.42 Å². The molecule has 11 aromatic rings. The van der Waals surface area contributed by atoms with Crippen LogP contribution in [0.15, 0.2) is 247 Å². The number of benzene rings is 9. The van der Waals surface area contributed by atoms with Crippen molar-refractivity contribution in [3.8, 4) is 33.4 Å². The predicted molar refractivity (Wildman–Crippen MR) is 277 cm³/mol. The van der Waals surface area contributed by atoms with Gasteiger partial charge in [-0.15, -0.1) is 11.3 Å². The Morgan fingerprint density at radius 1 is 0.477 bits per heavy atom. The number of rotatable bonds is 9. The third-order valence-electron chi connectivity index (χ3n) is 13.3. The molecule has 1 unspecified atom stereocenters. The smallest absolute Gasteiger partial charge is 0.136 e. The number of allylic oxidation sites excluding steroid dienone is 5. The molecule has 0 amide bonds. The molecule has 308 valence electrons. The van der Waals surface area contributed by atoms with Gasteiger partial charge in [0.15, 0.2) is 0 Å². The van der Waals surface area contributed by atoms with E-state index in [0.717, 1.165) is 50.1 Å². The third-order valence-corrected chi connectivity index (χ3v) is 14.5. The summed E-state index contributed by atoms with van der Waals surface area (Å²) in [5.74, 6) is 0. The van der Waals surface area contributed by atoms with Crippen LogP contribution in [0.3, 0.4) is 0 Å². The van der Waals surface area contributed by atoms with Gasteiger partial charge in [-0.1, -0.05) is 170 Å². The van der Waals surface area contributed by atoms with Crippen LogP contribution in [-0.2, 0) is 5.41 Å². The van der Waals surface area contributed by atoms with E-state index in [1.807, 2.05) is 23.5 Å². The third kappa shape index (κ3) is 6.31. The Bertz CT molecular complexity index is 3670. The van der Waals surface area contributed by atoms with E-state index in [0.29, 0.717) is 0 Å². The second-order valence-corrected chi connectivity index (χ2v) is 18.0. The zero-order chi connectivity index (χ0) is 43.5. The summed E-state index contributed by atoms with van der Waals surface area (Å²) in [5.41, 5.74) is 16.7. The van der Waals surface area contributed by atoms with Crippen LogP contribution < -0.4 is 4.90 Å². The number of anilines is 3. The molecule has 0 radical (unpaired) electrons. The van der Waals surface area contributed by atoms with Crippen LogP contribution in [0.2, 0.25) is 0 Å². The molecule has 0 fully saturated rings. The van der Waals surface area contributed by atoms with Gasteiger partial charge in [0.05, 0.1) is 5.41 Å². The molecule has 0 spiro atoms. The molecule has 1 atom stereocenters. The molecule has 12 rings (SSSR count). The average molecular weight is 850 g/mol. The van der Waals surface area contributed by atoms with E-state index in [1.165, 1.54) is 64.7 Å². The lowest BCUT2D eigenvalue weighted by atomic mass is 9.67. The highest BCUT2D eigenvalue weighted by Crippen LogP contribution is 2.57. The van der Waals surface area contributed by atoms with Gasteiger partial charge < -0.3 is 9.32 Å². The second kappa shape index (κ2) is 15.7. The van der Waals surface area contributed by atoms with Crippen molar-refractivity contribution in [2.45, 2.75) is 12.3 Å². The molecule has 2 aromatic heterocycles. The normalized spacial score (nSPS) is 14.7. The van der Waals surface area contributed by atoms with Crippen molar-refractivity contribution in [2.75, 3.05) is 4.90 Å². The van der Waals surface area contributed by atoms with Crippen LogP contribution in [0.5, 0.6) is 0 Å². The predicted octanol–water partition coefficient (Wildman–Crippen LogP) is 17.8. The summed E-state index contributed by atoms with van der Waals surface area (Å²) in [4.78, 5) is 2.37. The zero-order valence-corrected chi connectivity index (χ0v) is 36.7. The van der Waals surface area contributed by atoms with Gasteiger partial charge in [0.25, 0.3) is 0 Å². The summed E-state index contributed by atoms with van der Waals surface area (Å²) in [6, 6.07) is 75.1. The fraction of sp³-hybridized carbons (Fsp3) is 0.0323. The van der Waals surface area contributed by atoms with Crippen LogP contribution in [-0.4, -0.2) is 0 Å². The minimum atomic E-state index is -0.486. The van der Waals surface area contributed by atoms with Gasteiger partial charge in [0, 0.05) is 48.0 Å². The minimum Gasteiger partial charge on any atom is -0.456 e. The maximum atomic E-state index is 6.87. The number of nitrogens with zero attached hydrogens (tertiary/aromatic N) is 1. The SMILES string of the molecule is C=C/C=C\C=C(/C)C1(c2ccccc2)c2ccccc2-c2cc3c(cc21)oc1cc(-c2ccc(N(c4ccc(-c5ccccc5)cc4)c4ccc5sc6ccccc6c5c4)cc2)ccc13. The van der Waals surface area contributed by atoms with E-state index in [4.69, 9.17) is 4.42 Å². The maximum absolute atomic E-state index is 6.87. The highest BCUT2D eigenvalue weighted by molar-refractivity contribution is 7.25. The first-order valence-corrected chi connectivity index (χ1v) is 23.0. The Hall–Kier alpha value is -7.98. The molecule has 2 heterocycles. The lowest BCUT2D eigenvalue weighted by Crippen LogP contribution is -2.28. The molecule has 1 aliphatic carbocycles. The van der Waals surface area contributed by atoms with Crippen molar-refractivity contribution in [1.29, 1.82) is 0 Å². The molecule has 0 aliphatic heterocycles. The standard InChI is InChI=1S/C62H43NOS/c1-3-4-7-16-41(2)62(46-19-10-6-11-20-46)56-23-14-12-21-50(56)53-39-54-51-35-29-45(37-58(51)64-59(54)40-57(53)62)44-27-32-48(33-28-44)63(47-30-25-43(26-31-47)42-17-8-5-9-18-42)49-34-36-61-55(38-49)52-22-13-15-24-60(52)65-61/h3-40H,1H2,2H3/b7-4-,41-16+. The maximum Gasteiger partial charge on any atom is 0.136 e. The van der Waals surface area contributed by atoms with Crippen molar-refractivity contribution in [1.82, 2.24) is 0 Å².